The van der Waals surface area contributed by atoms with Gasteiger partial charge in [-0.2, -0.15) is 4.99 Å². The molecule has 0 heterocycles. The minimum atomic E-state index is -0.608. The van der Waals surface area contributed by atoms with Crippen molar-refractivity contribution in [2.24, 2.45) is 4.99 Å². The molecule has 0 bridgehead atoms. The molecule has 0 amide bonds. The monoisotopic (exact) mass is 185 g/mol. The van der Waals surface area contributed by atoms with E-state index in [2.05, 4.69) is 4.99 Å². The molecular weight excluding hydrogens is 181 g/mol. The van der Waals surface area contributed by atoms with Gasteiger partial charge < -0.3 is 0 Å². The van der Waals surface area contributed by atoms with E-state index < -0.39 is 5.82 Å². The third-order valence-electron chi connectivity index (χ3n) is 1.38. The summed E-state index contributed by atoms with van der Waals surface area (Å²) in [4.78, 5) is 13.1. The van der Waals surface area contributed by atoms with Crippen LogP contribution < -0.4 is 0 Å². The summed E-state index contributed by atoms with van der Waals surface area (Å²) >= 11 is 5.54. The molecule has 0 saturated carbocycles. The van der Waals surface area contributed by atoms with Crippen LogP contribution >= 0.6 is 11.6 Å². The van der Waals surface area contributed by atoms with Crippen molar-refractivity contribution >= 4 is 23.4 Å². The zero-order valence-corrected chi connectivity index (χ0v) is 7.02. The topological polar surface area (TPSA) is 29.4 Å². The van der Waals surface area contributed by atoms with Crippen LogP contribution in [-0.2, 0) is 4.79 Å². The average Bonchev–Trinajstić information content (AvgIpc) is 1.96. The first kappa shape index (κ1) is 8.91. The first-order chi connectivity index (χ1) is 5.65. The minimum Gasteiger partial charge on any atom is -0.211 e. The van der Waals surface area contributed by atoms with Crippen molar-refractivity contribution in [3.8, 4) is 0 Å². The number of halogens is 2. The first-order valence-corrected chi connectivity index (χ1v) is 3.56. The predicted molar refractivity (Wildman–Crippen MR) is 43.9 cm³/mol. The Balaban J connectivity index is 3.37. The Bertz CT molecular complexity index is 335. The number of nitrogens with zero attached hydrogens (tertiary/aromatic N) is 1. The first-order valence-electron chi connectivity index (χ1n) is 3.18. The molecule has 0 aromatic heterocycles. The number of aryl methyl sites for hydroxylation is 1. The molecule has 0 aliphatic carbocycles. The molecule has 2 nitrogen and oxygen atoms in total. The van der Waals surface area contributed by atoms with E-state index in [0.717, 1.165) is 6.07 Å². The van der Waals surface area contributed by atoms with E-state index >= 15 is 0 Å². The predicted octanol–water partition coefficient (Wildman–Crippen LogP) is 2.75. The summed E-state index contributed by atoms with van der Waals surface area (Å²) in [5.74, 6) is -0.608. The maximum atomic E-state index is 12.9. The fourth-order valence-corrected chi connectivity index (χ4v) is 1.14. The van der Waals surface area contributed by atoms with Gasteiger partial charge in [-0.05, 0) is 24.6 Å². The number of isocyanates is 1. The number of carbonyl (C=O) groups excluding carboxylic acids is 1. The summed E-state index contributed by atoms with van der Waals surface area (Å²) in [6.45, 7) is 1.62. The zero-order valence-electron chi connectivity index (χ0n) is 6.27. The molecule has 0 spiro atoms. The molecule has 1 aromatic carbocycles. The van der Waals surface area contributed by atoms with Gasteiger partial charge >= 0.3 is 0 Å². The Hall–Kier alpha value is -1.18. The summed E-state index contributed by atoms with van der Waals surface area (Å²) in [6.07, 6.45) is 1.28. The lowest BCUT2D eigenvalue weighted by molar-refractivity contribution is 0.564. The van der Waals surface area contributed by atoms with Crippen molar-refractivity contribution in [2.75, 3.05) is 0 Å². The van der Waals surface area contributed by atoms with Crippen molar-refractivity contribution in [3.05, 3.63) is 28.5 Å². The van der Waals surface area contributed by atoms with Gasteiger partial charge in [-0.15, -0.1) is 0 Å². The van der Waals surface area contributed by atoms with Gasteiger partial charge in [0, 0.05) is 5.02 Å². The molecule has 0 fully saturated rings. The zero-order chi connectivity index (χ0) is 9.14. The van der Waals surface area contributed by atoms with Gasteiger partial charge in [0.25, 0.3) is 0 Å². The molecule has 0 aliphatic rings. The van der Waals surface area contributed by atoms with Crippen LogP contribution in [0.25, 0.3) is 0 Å². The standard InChI is InChI=1S/C8H5ClFNO/c1-5-2-6(9)3-7(10)8(5)11-4-12/h2-3H,1H3. The number of benzene rings is 1. The molecule has 0 atom stereocenters. The van der Waals surface area contributed by atoms with Gasteiger partial charge in [-0.1, -0.05) is 11.6 Å². The van der Waals surface area contributed by atoms with E-state index in [0.29, 0.717) is 5.56 Å². The summed E-state index contributed by atoms with van der Waals surface area (Å²) in [5.41, 5.74) is 0.512. The number of hydrogen-bond acceptors (Lipinski definition) is 2. The third-order valence-corrected chi connectivity index (χ3v) is 1.59. The highest BCUT2D eigenvalue weighted by Crippen LogP contribution is 2.25. The van der Waals surface area contributed by atoms with Crippen LogP contribution in [0.15, 0.2) is 17.1 Å². The Morgan fingerprint density at radius 3 is 2.75 bits per heavy atom. The highest BCUT2D eigenvalue weighted by molar-refractivity contribution is 6.30. The van der Waals surface area contributed by atoms with E-state index in [-0.39, 0.29) is 10.7 Å². The normalized spacial score (nSPS) is 9.25. The smallest absolute Gasteiger partial charge is 0.211 e. The average molecular weight is 186 g/mol. The van der Waals surface area contributed by atoms with Gasteiger partial charge in [0.15, 0.2) is 5.82 Å². The maximum absolute atomic E-state index is 12.9. The lowest BCUT2D eigenvalue weighted by Crippen LogP contribution is -1.81. The SMILES string of the molecule is Cc1cc(Cl)cc(F)c1N=C=O. The summed E-state index contributed by atoms with van der Waals surface area (Å²) in [7, 11) is 0. The van der Waals surface area contributed by atoms with Crippen LogP contribution in [-0.4, -0.2) is 6.08 Å². The van der Waals surface area contributed by atoms with Crippen molar-refractivity contribution in [3.63, 3.8) is 0 Å². The van der Waals surface area contributed by atoms with Crippen LogP contribution in [0.5, 0.6) is 0 Å². The molecule has 0 radical (unpaired) electrons. The fraction of sp³-hybridized carbons (Fsp3) is 0.125. The Labute approximate surface area is 73.7 Å². The van der Waals surface area contributed by atoms with E-state index in [1.807, 2.05) is 0 Å². The molecule has 4 heteroatoms. The van der Waals surface area contributed by atoms with E-state index in [1.165, 1.54) is 12.1 Å². The van der Waals surface area contributed by atoms with Crippen LogP contribution in [0.4, 0.5) is 10.1 Å². The van der Waals surface area contributed by atoms with Crippen molar-refractivity contribution in [1.29, 1.82) is 0 Å². The highest BCUT2D eigenvalue weighted by atomic mass is 35.5. The van der Waals surface area contributed by atoms with Crippen molar-refractivity contribution in [1.82, 2.24) is 0 Å². The second-order valence-electron chi connectivity index (χ2n) is 2.26. The molecule has 62 valence electrons. The lowest BCUT2D eigenvalue weighted by atomic mass is 10.2. The summed E-state index contributed by atoms with van der Waals surface area (Å²) in [5, 5.41) is 0.287. The van der Waals surface area contributed by atoms with Crippen molar-refractivity contribution < 1.29 is 9.18 Å². The van der Waals surface area contributed by atoms with Crippen molar-refractivity contribution in [2.45, 2.75) is 6.92 Å². The van der Waals surface area contributed by atoms with E-state index in [1.54, 1.807) is 6.92 Å². The largest absolute Gasteiger partial charge is 0.240 e. The van der Waals surface area contributed by atoms with Crippen LogP contribution in [0.1, 0.15) is 5.56 Å². The van der Waals surface area contributed by atoms with Gasteiger partial charge in [-0.3, -0.25) is 0 Å². The highest BCUT2D eigenvalue weighted by Gasteiger charge is 2.05. The Morgan fingerprint density at radius 2 is 2.25 bits per heavy atom. The second kappa shape index (κ2) is 3.48. The minimum absolute atomic E-state index is 0.00519. The molecule has 0 N–H and O–H groups in total. The number of aliphatic imine (C=N–C) groups is 1. The van der Waals surface area contributed by atoms with Crippen LogP contribution in [0.2, 0.25) is 5.02 Å². The lowest BCUT2D eigenvalue weighted by Gasteiger charge is -1.99. The molecule has 1 aromatic rings. The van der Waals surface area contributed by atoms with Crippen LogP contribution in [0.3, 0.4) is 0 Å². The molecule has 0 unspecified atom stereocenters. The number of rotatable bonds is 1. The Kier molecular flexibility index (Phi) is 2.58. The van der Waals surface area contributed by atoms with Gasteiger partial charge in [0.2, 0.25) is 6.08 Å². The van der Waals surface area contributed by atoms with Gasteiger partial charge in [0.1, 0.15) is 5.69 Å². The third kappa shape index (κ3) is 1.70. The summed E-state index contributed by atoms with van der Waals surface area (Å²) < 4.78 is 12.9. The quantitative estimate of drug-likeness (QED) is 0.489. The molecule has 0 aliphatic heterocycles. The summed E-state index contributed by atoms with van der Waals surface area (Å²) in [6, 6.07) is 2.63. The molecule has 1 rings (SSSR count). The molecule has 0 saturated heterocycles. The van der Waals surface area contributed by atoms with E-state index in [4.69, 9.17) is 11.6 Å². The Morgan fingerprint density at radius 1 is 1.58 bits per heavy atom. The molecule has 12 heavy (non-hydrogen) atoms. The van der Waals surface area contributed by atoms with E-state index in [9.17, 15) is 9.18 Å². The maximum Gasteiger partial charge on any atom is 0.240 e. The number of hydrogen-bond donors (Lipinski definition) is 0. The van der Waals surface area contributed by atoms with Crippen LogP contribution in [0, 0.1) is 12.7 Å². The second-order valence-corrected chi connectivity index (χ2v) is 2.69. The van der Waals surface area contributed by atoms with Gasteiger partial charge in [0.05, 0.1) is 0 Å². The van der Waals surface area contributed by atoms with Gasteiger partial charge in [-0.25, -0.2) is 9.18 Å². The molecular formula is C8H5ClFNO. The fourth-order valence-electron chi connectivity index (χ4n) is 0.882.